The zero-order chi connectivity index (χ0) is 10.8. The van der Waals surface area contributed by atoms with E-state index >= 15 is 0 Å². The SMILES string of the molecule is Cc1ccsc1C(C)c1ccc(Br)cc1. The second-order valence-electron chi connectivity index (χ2n) is 3.74. The molecule has 0 nitrogen and oxygen atoms in total. The fourth-order valence-corrected chi connectivity index (χ4v) is 3.01. The van der Waals surface area contributed by atoms with Gasteiger partial charge in [0.25, 0.3) is 0 Å². The Morgan fingerprint density at radius 1 is 1.13 bits per heavy atom. The number of hydrogen-bond donors (Lipinski definition) is 0. The molecule has 0 aliphatic rings. The highest BCUT2D eigenvalue weighted by Crippen LogP contribution is 2.31. The van der Waals surface area contributed by atoms with E-state index in [0.29, 0.717) is 5.92 Å². The number of aryl methyl sites for hydroxylation is 1. The van der Waals surface area contributed by atoms with Crippen LogP contribution in [0, 0.1) is 6.92 Å². The van der Waals surface area contributed by atoms with Crippen LogP contribution >= 0.6 is 27.3 Å². The third kappa shape index (κ3) is 2.32. The Hall–Kier alpha value is -0.600. The van der Waals surface area contributed by atoms with E-state index in [-0.39, 0.29) is 0 Å². The molecule has 1 aromatic heterocycles. The molecule has 0 bridgehead atoms. The van der Waals surface area contributed by atoms with Crippen LogP contribution in [0.15, 0.2) is 40.2 Å². The lowest BCUT2D eigenvalue weighted by Crippen LogP contribution is -1.94. The van der Waals surface area contributed by atoms with Crippen molar-refractivity contribution in [1.82, 2.24) is 0 Å². The van der Waals surface area contributed by atoms with E-state index < -0.39 is 0 Å². The van der Waals surface area contributed by atoms with Gasteiger partial charge >= 0.3 is 0 Å². The first-order valence-corrected chi connectivity index (χ1v) is 6.65. The third-order valence-electron chi connectivity index (χ3n) is 2.66. The van der Waals surface area contributed by atoms with Crippen LogP contribution in [0.3, 0.4) is 0 Å². The van der Waals surface area contributed by atoms with E-state index in [9.17, 15) is 0 Å². The maximum absolute atomic E-state index is 3.46. The predicted octanol–water partition coefficient (Wildman–Crippen LogP) is 4.97. The summed E-state index contributed by atoms with van der Waals surface area (Å²) >= 11 is 5.31. The molecule has 0 saturated heterocycles. The molecule has 0 radical (unpaired) electrons. The van der Waals surface area contributed by atoms with Crippen molar-refractivity contribution in [3.8, 4) is 0 Å². The van der Waals surface area contributed by atoms with Gasteiger partial charge in [-0.25, -0.2) is 0 Å². The van der Waals surface area contributed by atoms with Crippen LogP contribution < -0.4 is 0 Å². The zero-order valence-electron chi connectivity index (χ0n) is 8.83. The summed E-state index contributed by atoms with van der Waals surface area (Å²) in [5, 5.41) is 2.17. The molecule has 1 aromatic carbocycles. The van der Waals surface area contributed by atoms with E-state index in [4.69, 9.17) is 0 Å². The summed E-state index contributed by atoms with van der Waals surface area (Å²) in [6.07, 6.45) is 0. The number of halogens is 1. The predicted molar refractivity (Wildman–Crippen MR) is 70.7 cm³/mol. The van der Waals surface area contributed by atoms with Gasteiger partial charge in [0.2, 0.25) is 0 Å². The Kier molecular flexibility index (Phi) is 3.27. The number of thiophene rings is 1. The molecule has 2 aromatic rings. The Labute approximate surface area is 103 Å². The molecule has 2 heteroatoms. The zero-order valence-corrected chi connectivity index (χ0v) is 11.2. The van der Waals surface area contributed by atoms with Crippen molar-refractivity contribution in [2.24, 2.45) is 0 Å². The van der Waals surface area contributed by atoms with Gasteiger partial charge in [0.1, 0.15) is 0 Å². The molecule has 0 fully saturated rings. The van der Waals surface area contributed by atoms with Crippen LogP contribution in [0.25, 0.3) is 0 Å². The van der Waals surface area contributed by atoms with Crippen LogP contribution in [0.2, 0.25) is 0 Å². The van der Waals surface area contributed by atoms with Crippen molar-refractivity contribution in [2.45, 2.75) is 19.8 Å². The molecule has 0 aliphatic heterocycles. The molecule has 1 atom stereocenters. The lowest BCUT2D eigenvalue weighted by Gasteiger charge is -2.11. The molecule has 0 amide bonds. The van der Waals surface area contributed by atoms with Crippen molar-refractivity contribution in [3.05, 3.63) is 56.2 Å². The molecule has 1 unspecified atom stereocenters. The molecule has 0 aliphatic carbocycles. The maximum Gasteiger partial charge on any atom is 0.0175 e. The van der Waals surface area contributed by atoms with Crippen molar-refractivity contribution < 1.29 is 0 Å². The van der Waals surface area contributed by atoms with Gasteiger partial charge in [-0.3, -0.25) is 0 Å². The van der Waals surface area contributed by atoms with E-state index in [1.165, 1.54) is 16.0 Å². The fraction of sp³-hybridized carbons (Fsp3) is 0.231. The van der Waals surface area contributed by atoms with Gasteiger partial charge in [-0.15, -0.1) is 11.3 Å². The largest absolute Gasteiger partial charge is 0.148 e. The summed E-state index contributed by atoms with van der Waals surface area (Å²) in [6, 6.07) is 10.8. The second-order valence-corrected chi connectivity index (χ2v) is 5.60. The monoisotopic (exact) mass is 280 g/mol. The van der Waals surface area contributed by atoms with Crippen LogP contribution in [-0.2, 0) is 0 Å². The lowest BCUT2D eigenvalue weighted by atomic mass is 9.98. The minimum atomic E-state index is 0.498. The molecule has 1 heterocycles. The Bertz CT molecular complexity index is 442. The molecular formula is C13H13BrS. The first kappa shape index (κ1) is 10.9. The smallest absolute Gasteiger partial charge is 0.0175 e. The van der Waals surface area contributed by atoms with E-state index in [2.05, 4.69) is 65.5 Å². The molecule has 0 saturated carbocycles. The van der Waals surface area contributed by atoms with Crippen molar-refractivity contribution in [2.75, 3.05) is 0 Å². The van der Waals surface area contributed by atoms with Crippen LogP contribution in [0.1, 0.15) is 28.8 Å². The van der Waals surface area contributed by atoms with E-state index in [1.54, 1.807) is 0 Å². The summed E-state index contributed by atoms with van der Waals surface area (Å²) < 4.78 is 1.14. The van der Waals surface area contributed by atoms with Crippen molar-refractivity contribution in [3.63, 3.8) is 0 Å². The summed E-state index contributed by atoms with van der Waals surface area (Å²) in [7, 11) is 0. The van der Waals surface area contributed by atoms with Crippen molar-refractivity contribution >= 4 is 27.3 Å². The Morgan fingerprint density at radius 2 is 1.80 bits per heavy atom. The standard InChI is InChI=1S/C13H13BrS/c1-9-7-8-15-13(9)10(2)11-3-5-12(14)6-4-11/h3-8,10H,1-2H3. The van der Waals surface area contributed by atoms with Crippen LogP contribution in [0.4, 0.5) is 0 Å². The average Bonchev–Trinajstić information content (AvgIpc) is 2.65. The molecule has 78 valence electrons. The van der Waals surface area contributed by atoms with Gasteiger partial charge in [-0.2, -0.15) is 0 Å². The van der Waals surface area contributed by atoms with Gasteiger partial charge in [-0.1, -0.05) is 35.0 Å². The first-order valence-electron chi connectivity index (χ1n) is 4.98. The lowest BCUT2D eigenvalue weighted by molar-refractivity contribution is 0.937. The van der Waals surface area contributed by atoms with Gasteiger partial charge in [-0.05, 0) is 41.6 Å². The minimum absolute atomic E-state index is 0.498. The Morgan fingerprint density at radius 3 is 2.33 bits per heavy atom. The van der Waals surface area contributed by atoms with Gasteiger partial charge in [0.05, 0.1) is 0 Å². The highest BCUT2D eigenvalue weighted by Gasteiger charge is 2.11. The topological polar surface area (TPSA) is 0 Å². The van der Waals surface area contributed by atoms with Gasteiger partial charge in [0, 0.05) is 15.3 Å². The highest BCUT2D eigenvalue weighted by molar-refractivity contribution is 9.10. The quantitative estimate of drug-likeness (QED) is 0.729. The average molecular weight is 281 g/mol. The fourth-order valence-electron chi connectivity index (χ4n) is 1.73. The number of rotatable bonds is 2. The molecule has 2 rings (SSSR count). The summed E-state index contributed by atoms with van der Waals surface area (Å²) in [4.78, 5) is 1.47. The minimum Gasteiger partial charge on any atom is -0.148 e. The van der Waals surface area contributed by atoms with E-state index in [0.717, 1.165) is 4.47 Å². The molecule has 15 heavy (non-hydrogen) atoms. The van der Waals surface area contributed by atoms with E-state index in [1.807, 2.05) is 11.3 Å². The van der Waals surface area contributed by atoms with Gasteiger partial charge < -0.3 is 0 Å². The number of benzene rings is 1. The normalized spacial score (nSPS) is 12.7. The second kappa shape index (κ2) is 4.50. The summed E-state index contributed by atoms with van der Waals surface area (Å²) in [5.74, 6) is 0.498. The Balaban J connectivity index is 2.32. The van der Waals surface area contributed by atoms with Crippen LogP contribution in [-0.4, -0.2) is 0 Å². The maximum atomic E-state index is 3.46. The summed E-state index contributed by atoms with van der Waals surface area (Å²) in [6.45, 7) is 4.45. The first-order chi connectivity index (χ1) is 7.18. The third-order valence-corrected chi connectivity index (χ3v) is 4.40. The summed E-state index contributed by atoms with van der Waals surface area (Å²) in [5.41, 5.74) is 2.78. The molecule has 0 N–H and O–H groups in total. The van der Waals surface area contributed by atoms with Gasteiger partial charge in [0.15, 0.2) is 0 Å². The highest BCUT2D eigenvalue weighted by atomic mass is 79.9. The number of hydrogen-bond acceptors (Lipinski definition) is 1. The molecule has 0 spiro atoms. The van der Waals surface area contributed by atoms with Crippen LogP contribution in [0.5, 0.6) is 0 Å². The van der Waals surface area contributed by atoms with Crippen molar-refractivity contribution in [1.29, 1.82) is 0 Å². The molecular weight excluding hydrogens is 268 g/mol.